The summed E-state index contributed by atoms with van der Waals surface area (Å²) < 4.78 is 26.6. The van der Waals surface area contributed by atoms with Gasteiger partial charge in [0.25, 0.3) is 0 Å². The number of nitrogens with one attached hydrogen (secondary N) is 1. The third kappa shape index (κ3) is 8.88. The zero-order valence-corrected chi connectivity index (χ0v) is 24.4. The molecule has 0 radical (unpaired) electrons. The zero-order valence-electron chi connectivity index (χ0n) is 23.6. The maximum absolute atomic E-state index is 13.6. The van der Waals surface area contributed by atoms with Crippen molar-refractivity contribution in [3.8, 4) is 0 Å². The fraction of sp³-hybridized carbons (Fsp3) is 0.517. The molecule has 0 fully saturated rings. The fourth-order valence-corrected chi connectivity index (χ4v) is 5.27. The number of anilines is 1. The molecule has 0 aliphatic rings. The van der Waals surface area contributed by atoms with E-state index in [1.165, 1.54) is 10.6 Å². The monoisotopic (exact) mass is 529 g/mol. The van der Waals surface area contributed by atoms with Crippen LogP contribution in [0.15, 0.2) is 42.5 Å². The Bertz CT molecular complexity index is 1180. The third-order valence-electron chi connectivity index (χ3n) is 6.35. The molecule has 0 bridgehead atoms. The molecule has 2 aromatic rings. The van der Waals surface area contributed by atoms with Gasteiger partial charge >= 0.3 is 0 Å². The number of aryl methyl sites for hydroxylation is 2. The highest BCUT2D eigenvalue weighted by Gasteiger charge is 2.30. The van der Waals surface area contributed by atoms with Gasteiger partial charge in [0, 0.05) is 25.0 Å². The molecule has 1 atom stereocenters. The van der Waals surface area contributed by atoms with Crippen LogP contribution in [0.5, 0.6) is 0 Å². The van der Waals surface area contributed by atoms with Crippen molar-refractivity contribution in [3.05, 3.63) is 64.7 Å². The van der Waals surface area contributed by atoms with Crippen molar-refractivity contribution in [2.24, 2.45) is 0 Å². The number of hydrogen-bond donors (Lipinski definition) is 1. The lowest BCUT2D eigenvalue weighted by Gasteiger charge is -2.33. The minimum atomic E-state index is -3.54. The maximum atomic E-state index is 13.6. The van der Waals surface area contributed by atoms with Crippen LogP contribution in [0.4, 0.5) is 5.69 Å². The molecule has 0 saturated heterocycles. The van der Waals surface area contributed by atoms with Crippen LogP contribution in [-0.4, -0.2) is 49.5 Å². The number of nitrogens with zero attached hydrogens (tertiary/aromatic N) is 2. The molecule has 2 aromatic carbocycles. The molecule has 1 unspecified atom stereocenters. The second-order valence-corrected chi connectivity index (χ2v) is 12.7. The molecule has 0 saturated carbocycles. The summed E-state index contributed by atoms with van der Waals surface area (Å²) in [5, 5.41) is 3.01. The van der Waals surface area contributed by atoms with E-state index in [0.29, 0.717) is 25.1 Å². The highest BCUT2D eigenvalue weighted by Crippen LogP contribution is 2.25. The summed E-state index contributed by atoms with van der Waals surface area (Å²) in [6.07, 6.45) is 2.12. The van der Waals surface area contributed by atoms with E-state index in [9.17, 15) is 18.0 Å². The van der Waals surface area contributed by atoms with Crippen LogP contribution in [0.2, 0.25) is 0 Å². The number of amides is 2. The quantitative estimate of drug-likeness (QED) is 0.449. The smallest absolute Gasteiger partial charge is 0.243 e. The average Bonchev–Trinajstić information content (AvgIpc) is 2.78. The van der Waals surface area contributed by atoms with E-state index in [1.54, 1.807) is 11.0 Å². The first-order chi connectivity index (χ1) is 17.1. The summed E-state index contributed by atoms with van der Waals surface area (Å²) in [7, 11) is -3.54. The van der Waals surface area contributed by atoms with Gasteiger partial charge in [-0.2, -0.15) is 0 Å². The van der Waals surface area contributed by atoms with Gasteiger partial charge in [-0.3, -0.25) is 13.9 Å². The molecule has 0 aliphatic heterocycles. The number of carbonyl (C=O) groups excluding carboxylic acids is 2. The normalized spacial score (nSPS) is 12.6. The van der Waals surface area contributed by atoms with Gasteiger partial charge < -0.3 is 10.2 Å². The van der Waals surface area contributed by atoms with E-state index in [1.807, 2.05) is 84.9 Å². The van der Waals surface area contributed by atoms with Crippen LogP contribution in [-0.2, 0) is 26.2 Å². The van der Waals surface area contributed by atoms with Crippen molar-refractivity contribution in [1.29, 1.82) is 0 Å². The van der Waals surface area contributed by atoms with E-state index in [4.69, 9.17) is 0 Å². The topological polar surface area (TPSA) is 86.8 Å². The third-order valence-corrected chi connectivity index (χ3v) is 7.53. The molecule has 7 nitrogen and oxygen atoms in total. The van der Waals surface area contributed by atoms with E-state index in [0.717, 1.165) is 22.3 Å². The fourth-order valence-electron chi connectivity index (χ4n) is 4.25. The van der Waals surface area contributed by atoms with Crippen LogP contribution in [0.1, 0.15) is 69.2 Å². The van der Waals surface area contributed by atoms with E-state index in [-0.39, 0.29) is 24.8 Å². The van der Waals surface area contributed by atoms with E-state index in [2.05, 4.69) is 5.32 Å². The molecular formula is C29H43N3O4S. The molecule has 2 amide bonds. The van der Waals surface area contributed by atoms with E-state index >= 15 is 0 Å². The molecule has 0 heterocycles. The second kappa shape index (κ2) is 12.6. The molecule has 2 rings (SSSR count). The van der Waals surface area contributed by atoms with Gasteiger partial charge in [0.05, 0.1) is 11.9 Å². The van der Waals surface area contributed by atoms with Gasteiger partial charge in [-0.1, -0.05) is 48.9 Å². The van der Waals surface area contributed by atoms with Gasteiger partial charge in [0.1, 0.15) is 6.04 Å². The van der Waals surface area contributed by atoms with Gasteiger partial charge in [0.15, 0.2) is 0 Å². The number of hydrogen-bond acceptors (Lipinski definition) is 4. The van der Waals surface area contributed by atoms with Crippen molar-refractivity contribution in [1.82, 2.24) is 10.2 Å². The summed E-state index contributed by atoms with van der Waals surface area (Å²) in [4.78, 5) is 28.3. The standard InChI is InChI=1S/C29H43N3O4S/c1-9-25(28(34)30-29(5,6)7)31(20-24-17-15-21(2)16-18-24)27(33)14-11-19-32(37(8,35)36)26-13-10-12-22(3)23(26)4/h10,12-13,15-18,25H,9,11,14,19-20H2,1-8H3,(H,30,34). The van der Waals surface area contributed by atoms with Crippen LogP contribution < -0.4 is 9.62 Å². The number of sulfonamides is 1. The lowest BCUT2D eigenvalue weighted by molar-refractivity contribution is -0.142. The van der Waals surface area contributed by atoms with Crippen molar-refractivity contribution < 1.29 is 18.0 Å². The molecule has 37 heavy (non-hydrogen) atoms. The lowest BCUT2D eigenvalue weighted by atomic mass is 10.0. The van der Waals surface area contributed by atoms with Gasteiger partial charge in [-0.25, -0.2) is 8.42 Å². The lowest BCUT2D eigenvalue weighted by Crippen LogP contribution is -2.53. The van der Waals surface area contributed by atoms with Gasteiger partial charge in [-0.15, -0.1) is 0 Å². The number of rotatable bonds is 11. The number of carbonyl (C=O) groups is 2. The Hall–Kier alpha value is -2.87. The summed E-state index contributed by atoms with van der Waals surface area (Å²) in [5.41, 5.74) is 4.15. The van der Waals surface area contributed by atoms with Crippen molar-refractivity contribution in [2.75, 3.05) is 17.1 Å². The van der Waals surface area contributed by atoms with Gasteiger partial charge in [0.2, 0.25) is 21.8 Å². The summed E-state index contributed by atoms with van der Waals surface area (Å²) in [6.45, 7) is 14.0. The van der Waals surface area contributed by atoms with Gasteiger partial charge in [-0.05, 0) is 77.1 Å². The Morgan fingerprint density at radius 2 is 1.62 bits per heavy atom. The van der Waals surface area contributed by atoms with Crippen LogP contribution in [0.3, 0.4) is 0 Å². The van der Waals surface area contributed by atoms with Crippen molar-refractivity contribution in [2.45, 2.75) is 85.9 Å². The largest absolute Gasteiger partial charge is 0.350 e. The minimum absolute atomic E-state index is 0.127. The maximum Gasteiger partial charge on any atom is 0.243 e. The Morgan fingerprint density at radius 3 is 2.16 bits per heavy atom. The Kier molecular flexibility index (Phi) is 10.3. The second-order valence-electron chi connectivity index (χ2n) is 10.8. The molecule has 0 spiro atoms. The predicted molar refractivity (Wildman–Crippen MR) is 151 cm³/mol. The SMILES string of the molecule is CCC(C(=O)NC(C)(C)C)N(Cc1ccc(C)cc1)C(=O)CCCN(c1cccc(C)c1C)S(C)(=O)=O. The van der Waals surface area contributed by atoms with Crippen molar-refractivity contribution >= 4 is 27.5 Å². The van der Waals surface area contributed by atoms with E-state index < -0.39 is 21.6 Å². The molecule has 0 aliphatic carbocycles. The van der Waals surface area contributed by atoms with Crippen LogP contribution in [0, 0.1) is 20.8 Å². The van der Waals surface area contributed by atoms with Crippen molar-refractivity contribution in [3.63, 3.8) is 0 Å². The molecule has 204 valence electrons. The first-order valence-electron chi connectivity index (χ1n) is 12.8. The number of benzene rings is 2. The predicted octanol–water partition coefficient (Wildman–Crippen LogP) is 4.88. The molecular weight excluding hydrogens is 486 g/mol. The van der Waals surface area contributed by atoms with Crippen LogP contribution >= 0.6 is 0 Å². The average molecular weight is 530 g/mol. The summed E-state index contributed by atoms with van der Waals surface area (Å²) >= 11 is 0. The molecule has 0 aromatic heterocycles. The highest BCUT2D eigenvalue weighted by atomic mass is 32.2. The first-order valence-corrected chi connectivity index (χ1v) is 14.7. The summed E-state index contributed by atoms with van der Waals surface area (Å²) in [5.74, 6) is -0.366. The summed E-state index contributed by atoms with van der Waals surface area (Å²) in [6, 6.07) is 12.9. The Morgan fingerprint density at radius 1 is 1.00 bits per heavy atom. The zero-order chi connectivity index (χ0) is 28.0. The Labute approximate surface area is 223 Å². The highest BCUT2D eigenvalue weighted by molar-refractivity contribution is 7.92. The van der Waals surface area contributed by atoms with Crippen LogP contribution in [0.25, 0.3) is 0 Å². The minimum Gasteiger partial charge on any atom is -0.350 e. The molecule has 1 N–H and O–H groups in total. The Balaban J connectivity index is 2.27. The first kappa shape index (κ1) is 30.4. The molecule has 8 heteroatoms.